The van der Waals surface area contributed by atoms with Crippen LogP contribution in [0.5, 0.6) is 5.75 Å². The van der Waals surface area contributed by atoms with Crippen molar-refractivity contribution in [1.82, 2.24) is 9.80 Å². The van der Waals surface area contributed by atoms with Gasteiger partial charge in [-0.1, -0.05) is 6.07 Å². The van der Waals surface area contributed by atoms with Gasteiger partial charge < -0.3 is 19.3 Å². The summed E-state index contributed by atoms with van der Waals surface area (Å²) in [7, 11) is 3.54. The highest BCUT2D eigenvalue weighted by molar-refractivity contribution is 5.79. The van der Waals surface area contributed by atoms with E-state index in [0.29, 0.717) is 24.6 Å². The van der Waals surface area contributed by atoms with E-state index in [2.05, 4.69) is 11.9 Å². The van der Waals surface area contributed by atoms with Crippen LogP contribution in [-0.4, -0.2) is 68.8 Å². The van der Waals surface area contributed by atoms with Gasteiger partial charge in [0.05, 0.1) is 26.2 Å². The summed E-state index contributed by atoms with van der Waals surface area (Å²) in [5.41, 5.74) is 0.668. The van der Waals surface area contributed by atoms with E-state index in [0.717, 1.165) is 26.1 Å². The molecule has 0 saturated carbocycles. The molecule has 5 nitrogen and oxygen atoms in total. The minimum atomic E-state index is -0.434. The molecule has 0 radical (unpaired) electrons. The molecule has 2 unspecified atom stereocenters. The summed E-state index contributed by atoms with van der Waals surface area (Å²) in [6.45, 7) is 4.05. The van der Waals surface area contributed by atoms with Gasteiger partial charge in [0.2, 0.25) is 5.91 Å². The van der Waals surface area contributed by atoms with Crippen molar-refractivity contribution in [2.75, 3.05) is 46.9 Å². The van der Waals surface area contributed by atoms with Crippen LogP contribution < -0.4 is 4.74 Å². The van der Waals surface area contributed by atoms with Gasteiger partial charge >= 0.3 is 0 Å². The molecule has 2 aliphatic rings. The molecule has 0 bridgehead atoms. The molecule has 0 aromatic heterocycles. The lowest BCUT2D eigenvalue weighted by Gasteiger charge is -2.37. The molecule has 3 rings (SSSR count). The van der Waals surface area contributed by atoms with E-state index in [1.54, 1.807) is 12.1 Å². The summed E-state index contributed by atoms with van der Waals surface area (Å²) >= 11 is 0. The molecule has 0 N–H and O–H groups in total. The number of likely N-dealkylation sites (tertiary alicyclic amines) is 1. The van der Waals surface area contributed by atoms with Crippen molar-refractivity contribution in [3.05, 3.63) is 29.6 Å². The first-order valence-electron chi connectivity index (χ1n) is 8.47. The van der Waals surface area contributed by atoms with Gasteiger partial charge in [0.1, 0.15) is 0 Å². The summed E-state index contributed by atoms with van der Waals surface area (Å²) in [4.78, 5) is 16.7. The highest BCUT2D eigenvalue weighted by atomic mass is 19.1. The van der Waals surface area contributed by atoms with Gasteiger partial charge in [0.15, 0.2) is 11.6 Å². The molecule has 2 heterocycles. The van der Waals surface area contributed by atoms with Crippen molar-refractivity contribution in [3.63, 3.8) is 0 Å². The third-order valence-corrected chi connectivity index (χ3v) is 4.97. The first-order valence-corrected chi connectivity index (χ1v) is 8.47. The van der Waals surface area contributed by atoms with Crippen molar-refractivity contribution in [3.8, 4) is 5.75 Å². The van der Waals surface area contributed by atoms with Gasteiger partial charge in [-0.3, -0.25) is 4.79 Å². The second kappa shape index (κ2) is 7.49. The third-order valence-electron chi connectivity index (χ3n) is 4.97. The maximum atomic E-state index is 13.8. The number of fused-ring (bicyclic) bond motifs is 1. The van der Waals surface area contributed by atoms with Gasteiger partial charge in [-0.05, 0) is 31.2 Å². The number of amides is 1. The van der Waals surface area contributed by atoms with E-state index in [1.807, 2.05) is 4.90 Å². The van der Waals surface area contributed by atoms with Crippen LogP contribution in [0.1, 0.15) is 12.0 Å². The molecule has 2 atom stereocenters. The Hall–Kier alpha value is -1.66. The Balaban J connectivity index is 1.60. The number of hydrogen-bond donors (Lipinski definition) is 0. The average Bonchev–Trinajstić information content (AvgIpc) is 2.74. The van der Waals surface area contributed by atoms with Gasteiger partial charge in [0, 0.05) is 32.1 Å². The number of hydrogen-bond acceptors (Lipinski definition) is 4. The van der Waals surface area contributed by atoms with Crippen LogP contribution >= 0.6 is 0 Å². The number of piperidine rings is 1. The second-order valence-electron chi connectivity index (χ2n) is 6.71. The molecule has 24 heavy (non-hydrogen) atoms. The Morgan fingerprint density at radius 1 is 1.38 bits per heavy atom. The van der Waals surface area contributed by atoms with E-state index in [4.69, 9.17) is 9.47 Å². The molecule has 1 amide bonds. The van der Waals surface area contributed by atoms with Gasteiger partial charge in [-0.15, -0.1) is 0 Å². The van der Waals surface area contributed by atoms with E-state index in [1.165, 1.54) is 13.2 Å². The summed E-state index contributed by atoms with van der Waals surface area (Å²) in [5, 5.41) is 0. The van der Waals surface area contributed by atoms with Crippen LogP contribution in [0.2, 0.25) is 0 Å². The van der Waals surface area contributed by atoms with Crippen LogP contribution in [0.3, 0.4) is 0 Å². The minimum Gasteiger partial charge on any atom is -0.494 e. The fourth-order valence-corrected chi connectivity index (χ4v) is 3.55. The standard InChI is InChI=1S/C18H25FN2O3/c1-20-7-8-24-17-12-21(6-5-14(17)11-20)18(22)10-13-3-4-16(23-2)15(19)9-13/h3-4,9,14,17H,5-8,10-12H2,1-2H3. The van der Waals surface area contributed by atoms with Crippen molar-refractivity contribution in [2.24, 2.45) is 5.92 Å². The maximum Gasteiger partial charge on any atom is 0.227 e. The summed E-state index contributed by atoms with van der Waals surface area (Å²) < 4.78 is 24.6. The maximum absolute atomic E-state index is 13.8. The van der Waals surface area contributed by atoms with Crippen LogP contribution in [0.15, 0.2) is 18.2 Å². The molecule has 1 aromatic carbocycles. The topological polar surface area (TPSA) is 42.0 Å². The van der Waals surface area contributed by atoms with E-state index < -0.39 is 5.82 Å². The highest BCUT2D eigenvalue weighted by Gasteiger charge is 2.34. The molecule has 0 aliphatic carbocycles. The number of carbonyl (C=O) groups is 1. The molecule has 132 valence electrons. The zero-order valence-corrected chi connectivity index (χ0v) is 14.3. The normalized spacial score (nSPS) is 25.0. The fraction of sp³-hybridized carbons (Fsp3) is 0.611. The van der Waals surface area contributed by atoms with Gasteiger partial charge in [-0.25, -0.2) is 4.39 Å². The predicted octanol–water partition coefficient (Wildman–Crippen LogP) is 1.56. The first kappa shape index (κ1) is 17.2. The monoisotopic (exact) mass is 336 g/mol. The van der Waals surface area contributed by atoms with Crippen molar-refractivity contribution >= 4 is 5.91 Å². The quantitative estimate of drug-likeness (QED) is 0.840. The van der Waals surface area contributed by atoms with Crippen molar-refractivity contribution in [1.29, 1.82) is 0 Å². The zero-order chi connectivity index (χ0) is 17.1. The Labute approximate surface area is 142 Å². The molecular formula is C18H25FN2O3. The Kier molecular flexibility index (Phi) is 5.36. The van der Waals surface area contributed by atoms with Crippen molar-refractivity contribution in [2.45, 2.75) is 18.9 Å². The first-order chi connectivity index (χ1) is 11.6. The lowest BCUT2D eigenvalue weighted by atomic mass is 9.93. The number of benzene rings is 1. The molecular weight excluding hydrogens is 311 g/mol. The Bertz CT molecular complexity index is 596. The highest BCUT2D eigenvalue weighted by Crippen LogP contribution is 2.24. The summed E-state index contributed by atoms with van der Waals surface area (Å²) in [6.07, 6.45) is 1.27. The SMILES string of the molecule is COc1ccc(CC(=O)N2CCC3CN(C)CCOC3C2)cc1F. The lowest BCUT2D eigenvalue weighted by Crippen LogP contribution is -2.49. The number of likely N-dealkylation sites (N-methyl/N-ethyl adjacent to an activating group) is 1. The molecule has 2 aliphatic heterocycles. The van der Waals surface area contributed by atoms with E-state index in [-0.39, 0.29) is 24.2 Å². The summed E-state index contributed by atoms with van der Waals surface area (Å²) in [6, 6.07) is 4.68. The van der Waals surface area contributed by atoms with Gasteiger partial charge in [-0.2, -0.15) is 0 Å². The molecule has 2 fully saturated rings. The largest absolute Gasteiger partial charge is 0.494 e. The Morgan fingerprint density at radius 2 is 2.21 bits per heavy atom. The second-order valence-corrected chi connectivity index (χ2v) is 6.71. The average molecular weight is 336 g/mol. The number of methoxy groups -OCH3 is 1. The number of ether oxygens (including phenoxy) is 2. The number of rotatable bonds is 3. The zero-order valence-electron chi connectivity index (χ0n) is 14.3. The van der Waals surface area contributed by atoms with Crippen LogP contribution in [0.25, 0.3) is 0 Å². The summed E-state index contributed by atoms with van der Waals surface area (Å²) in [5.74, 6) is 0.277. The molecule has 2 saturated heterocycles. The molecule has 0 spiro atoms. The van der Waals surface area contributed by atoms with E-state index in [9.17, 15) is 9.18 Å². The predicted molar refractivity (Wildman–Crippen MR) is 88.6 cm³/mol. The van der Waals surface area contributed by atoms with E-state index >= 15 is 0 Å². The molecule has 1 aromatic rings. The lowest BCUT2D eigenvalue weighted by molar-refractivity contribution is -0.136. The Morgan fingerprint density at radius 3 is 2.96 bits per heavy atom. The van der Waals surface area contributed by atoms with Crippen molar-refractivity contribution < 1.29 is 18.7 Å². The van der Waals surface area contributed by atoms with Crippen LogP contribution in [0, 0.1) is 11.7 Å². The molecule has 6 heteroatoms. The van der Waals surface area contributed by atoms with Crippen LogP contribution in [-0.2, 0) is 16.0 Å². The number of halogens is 1. The third kappa shape index (κ3) is 3.87. The minimum absolute atomic E-state index is 0.0271. The number of carbonyl (C=O) groups excluding carboxylic acids is 1. The fourth-order valence-electron chi connectivity index (χ4n) is 3.55. The van der Waals surface area contributed by atoms with Crippen LogP contribution in [0.4, 0.5) is 4.39 Å². The number of nitrogens with zero attached hydrogens (tertiary/aromatic N) is 2. The smallest absolute Gasteiger partial charge is 0.227 e. The van der Waals surface area contributed by atoms with Gasteiger partial charge in [0.25, 0.3) is 0 Å².